The van der Waals surface area contributed by atoms with Gasteiger partial charge in [-0.05, 0) is 42.1 Å². The van der Waals surface area contributed by atoms with Crippen LogP contribution >= 0.6 is 0 Å². The van der Waals surface area contributed by atoms with Gasteiger partial charge >= 0.3 is 13.1 Å². The van der Waals surface area contributed by atoms with Crippen LogP contribution in [0, 0.1) is 17.8 Å². The lowest BCUT2D eigenvalue weighted by atomic mass is 9.70. The normalized spacial score (nSPS) is 27.0. The summed E-state index contributed by atoms with van der Waals surface area (Å²) in [6.45, 7) is 2.67. The number of fused-ring (bicyclic) bond motifs is 1. The summed E-state index contributed by atoms with van der Waals surface area (Å²) in [7, 11) is -1.28. The van der Waals surface area contributed by atoms with Crippen molar-refractivity contribution >= 4 is 13.1 Å². The fraction of sp³-hybridized carbons (Fsp3) is 0.611. The van der Waals surface area contributed by atoms with Gasteiger partial charge in [-0.2, -0.15) is 0 Å². The molecule has 0 aromatic heterocycles. The summed E-state index contributed by atoms with van der Waals surface area (Å²) in [6.07, 6.45) is 3.60. The van der Waals surface area contributed by atoms with Gasteiger partial charge in [0.2, 0.25) is 0 Å². The van der Waals surface area contributed by atoms with Gasteiger partial charge in [0.05, 0.1) is 5.92 Å². The first-order chi connectivity index (χ1) is 11.5. The number of rotatable bonds is 6. The molecule has 1 aromatic rings. The second kappa shape index (κ2) is 7.68. The van der Waals surface area contributed by atoms with E-state index in [9.17, 15) is 9.90 Å². The molecule has 5 nitrogen and oxygen atoms in total. The van der Waals surface area contributed by atoms with Crippen molar-refractivity contribution < 1.29 is 19.9 Å². The standard InChI is InChI=1S/C18H26BNO4/c21-18(22)17-9-13(7-8-19(23)24)5-6-16(17)12-20-10-14-3-1-2-4-15(14)11-20/h1-4,13,16-17,23-24H,5-12H2,(H,21,22)/t13-,16?,17-/m0/s1. The molecule has 3 N–H and O–H groups in total. The number of benzene rings is 1. The van der Waals surface area contributed by atoms with Crippen LogP contribution in [0.5, 0.6) is 0 Å². The second-order valence-electron chi connectivity index (χ2n) is 7.38. The van der Waals surface area contributed by atoms with E-state index in [1.54, 1.807) is 0 Å². The van der Waals surface area contributed by atoms with Crippen LogP contribution < -0.4 is 0 Å². The van der Waals surface area contributed by atoms with Crippen LogP contribution in [0.1, 0.15) is 36.8 Å². The Labute approximate surface area is 143 Å². The van der Waals surface area contributed by atoms with Gasteiger partial charge in [-0.1, -0.05) is 37.1 Å². The Bertz CT molecular complexity index is 555. The zero-order valence-corrected chi connectivity index (χ0v) is 14.0. The third-order valence-electron chi connectivity index (χ3n) is 5.65. The Kier molecular flexibility index (Phi) is 5.59. The molecule has 1 aliphatic heterocycles. The maximum Gasteiger partial charge on any atom is 0.451 e. The Morgan fingerprint density at radius 1 is 1.17 bits per heavy atom. The maximum atomic E-state index is 11.7. The highest BCUT2D eigenvalue weighted by molar-refractivity contribution is 6.40. The van der Waals surface area contributed by atoms with Crippen LogP contribution in [0.25, 0.3) is 0 Å². The molecule has 2 aliphatic rings. The van der Waals surface area contributed by atoms with Crippen LogP contribution in [0.15, 0.2) is 24.3 Å². The van der Waals surface area contributed by atoms with E-state index in [0.717, 1.165) is 32.5 Å². The zero-order chi connectivity index (χ0) is 17.1. The third kappa shape index (κ3) is 4.18. The first kappa shape index (κ1) is 17.5. The molecule has 1 unspecified atom stereocenters. The van der Waals surface area contributed by atoms with Gasteiger partial charge in [0.1, 0.15) is 0 Å². The lowest BCUT2D eigenvalue weighted by molar-refractivity contribution is -0.146. The lowest BCUT2D eigenvalue weighted by Crippen LogP contribution is -2.37. The molecule has 130 valence electrons. The van der Waals surface area contributed by atoms with Crippen molar-refractivity contribution in [3.05, 3.63) is 35.4 Å². The largest absolute Gasteiger partial charge is 0.481 e. The van der Waals surface area contributed by atoms with Gasteiger partial charge in [-0.3, -0.25) is 9.69 Å². The van der Waals surface area contributed by atoms with E-state index in [2.05, 4.69) is 29.2 Å². The minimum atomic E-state index is -1.28. The van der Waals surface area contributed by atoms with Crippen molar-refractivity contribution in [2.75, 3.05) is 6.54 Å². The summed E-state index contributed by atoms with van der Waals surface area (Å²) in [5.74, 6) is -0.540. The molecule has 6 heteroatoms. The van der Waals surface area contributed by atoms with Crippen LogP contribution in [-0.2, 0) is 17.9 Å². The average Bonchev–Trinajstić information content (AvgIpc) is 2.95. The van der Waals surface area contributed by atoms with Crippen LogP contribution in [0.2, 0.25) is 6.32 Å². The van der Waals surface area contributed by atoms with Gasteiger partial charge in [-0.25, -0.2) is 0 Å². The van der Waals surface area contributed by atoms with Crippen LogP contribution in [-0.4, -0.2) is 39.7 Å². The smallest absolute Gasteiger partial charge is 0.451 e. The number of aliphatic carboxylic acids is 1. The molecular formula is C18H26BNO4. The summed E-state index contributed by atoms with van der Waals surface area (Å²) in [6, 6.07) is 8.43. The highest BCUT2D eigenvalue weighted by atomic mass is 16.4. The number of nitrogens with zero attached hydrogens (tertiary/aromatic N) is 1. The number of carboxylic acid groups (broad SMARTS) is 1. The van der Waals surface area contributed by atoms with Crippen molar-refractivity contribution in [1.29, 1.82) is 0 Å². The fourth-order valence-corrected chi connectivity index (χ4v) is 4.35. The molecule has 24 heavy (non-hydrogen) atoms. The van der Waals surface area contributed by atoms with Crippen molar-refractivity contribution in [2.45, 2.75) is 45.1 Å². The topological polar surface area (TPSA) is 81.0 Å². The summed E-state index contributed by atoms with van der Waals surface area (Å²) < 4.78 is 0. The van der Waals surface area contributed by atoms with Crippen molar-refractivity contribution in [3.8, 4) is 0 Å². The highest BCUT2D eigenvalue weighted by Gasteiger charge is 2.37. The lowest BCUT2D eigenvalue weighted by Gasteiger charge is -2.36. The molecule has 0 spiro atoms. The summed E-state index contributed by atoms with van der Waals surface area (Å²) in [4.78, 5) is 14.1. The van der Waals surface area contributed by atoms with Gasteiger partial charge in [0, 0.05) is 19.6 Å². The minimum Gasteiger partial charge on any atom is -0.481 e. The summed E-state index contributed by atoms with van der Waals surface area (Å²) >= 11 is 0. The van der Waals surface area contributed by atoms with Crippen molar-refractivity contribution in [3.63, 3.8) is 0 Å². The highest BCUT2D eigenvalue weighted by Crippen LogP contribution is 2.38. The monoisotopic (exact) mass is 331 g/mol. The number of carboxylic acids is 1. The van der Waals surface area contributed by atoms with E-state index in [4.69, 9.17) is 10.0 Å². The maximum absolute atomic E-state index is 11.7. The van der Waals surface area contributed by atoms with Gasteiger partial charge < -0.3 is 15.2 Å². The number of carbonyl (C=O) groups is 1. The van der Waals surface area contributed by atoms with Crippen molar-refractivity contribution in [2.24, 2.45) is 17.8 Å². The molecule has 0 radical (unpaired) electrons. The first-order valence-electron chi connectivity index (χ1n) is 8.91. The molecule has 0 amide bonds. The molecule has 1 aromatic carbocycles. The second-order valence-corrected chi connectivity index (χ2v) is 7.38. The third-order valence-corrected chi connectivity index (χ3v) is 5.65. The predicted octanol–water partition coefficient (Wildman–Crippen LogP) is 1.98. The van der Waals surface area contributed by atoms with E-state index in [1.165, 1.54) is 11.1 Å². The Balaban J connectivity index is 1.57. The van der Waals surface area contributed by atoms with E-state index in [0.29, 0.717) is 25.1 Å². The van der Waals surface area contributed by atoms with E-state index >= 15 is 0 Å². The molecular weight excluding hydrogens is 305 g/mol. The Morgan fingerprint density at radius 3 is 2.42 bits per heavy atom. The number of hydrogen-bond donors (Lipinski definition) is 3. The van der Waals surface area contributed by atoms with Gasteiger partial charge in [0.25, 0.3) is 0 Å². The van der Waals surface area contributed by atoms with Crippen molar-refractivity contribution in [1.82, 2.24) is 4.90 Å². The van der Waals surface area contributed by atoms with Crippen LogP contribution in [0.4, 0.5) is 0 Å². The van der Waals surface area contributed by atoms with E-state index in [1.807, 2.05) is 0 Å². The molecule has 3 atom stereocenters. The number of hydrogen-bond acceptors (Lipinski definition) is 4. The quantitative estimate of drug-likeness (QED) is 0.695. The predicted molar refractivity (Wildman–Crippen MR) is 92.1 cm³/mol. The van der Waals surface area contributed by atoms with Crippen LogP contribution in [0.3, 0.4) is 0 Å². The van der Waals surface area contributed by atoms with E-state index < -0.39 is 13.1 Å². The minimum absolute atomic E-state index is 0.187. The zero-order valence-electron chi connectivity index (χ0n) is 14.0. The van der Waals surface area contributed by atoms with Gasteiger partial charge in [-0.15, -0.1) is 0 Å². The fourth-order valence-electron chi connectivity index (χ4n) is 4.35. The Hall–Kier alpha value is -1.37. The van der Waals surface area contributed by atoms with Gasteiger partial charge in [0.15, 0.2) is 0 Å². The SMILES string of the molecule is O=C(O)[C@H]1C[C@H](CCB(O)O)CCC1CN1Cc2ccccc2C1. The summed E-state index contributed by atoms with van der Waals surface area (Å²) in [5, 5.41) is 27.7. The van der Waals surface area contributed by atoms with E-state index in [-0.39, 0.29) is 11.8 Å². The molecule has 1 fully saturated rings. The summed E-state index contributed by atoms with van der Waals surface area (Å²) in [5.41, 5.74) is 2.71. The molecule has 1 heterocycles. The molecule has 0 saturated heterocycles. The first-order valence-corrected chi connectivity index (χ1v) is 8.91. The average molecular weight is 331 g/mol. The Morgan fingerprint density at radius 2 is 1.83 bits per heavy atom. The molecule has 0 bridgehead atoms. The molecule has 3 rings (SSSR count). The molecule has 1 aliphatic carbocycles. The molecule has 1 saturated carbocycles.